The molecule has 0 bridgehead atoms. The summed E-state index contributed by atoms with van der Waals surface area (Å²) in [6.45, 7) is 1.22. The number of sulfonamides is 1. The molecule has 21 heteroatoms. The Morgan fingerprint density at radius 2 is 1.77 bits per heavy atom. The minimum Gasteiger partial charge on any atom is -0.346 e. The number of alkyl halides is 5. The van der Waals surface area contributed by atoms with Crippen molar-refractivity contribution in [3.63, 3.8) is 0 Å². The van der Waals surface area contributed by atoms with Gasteiger partial charge in [0.15, 0.2) is 22.2 Å². The van der Waals surface area contributed by atoms with E-state index in [4.69, 9.17) is 0 Å². The van der Waals surface area contributed by atoms with Gasteiger partial charge < -0.3 is 5.32 Å². The number of hydrogen-bond donors (Lipinski definition) is 2. The van der Waals surface area contributed by atoms with Crippen molar-refractivity contribution in [2.75, 3.05) is 11.0 Å². The Labute approximate surface area is 317 Å². The predicted molar refractivity (Wildman–Crippen MR) is 190 cm³/mol. The fraction of sp³-hybridized carbons (Fsp3) is 0.314. The van der Waals surface area contributed by atoms with Gasteiger partial charge in [0.2, 0.25) is 15.9 Å². The molecule has 3 atom stereocenters. The van der Waals surface area contributed by atoms with Gasteiger partial charge in [0.05, 0.1) is 28.2 Å². The minimum atomic E-state index is -5.11. The van der Waals surface area contributed by atoms with Crippen LogP contribution in [-0.4, -0.2) is 50.1 Å². The number of aromatic nitrogens is 6. The van der Waals surface area contributed by atoms with E-state index in [1.165, 1.54) is 18.7 Å². The molecule has 0 aliphatic heterocycles. The van der Waals surface area contributed by atoms with Gasteiger partial charge >= 0.3 is 6.18 Å². The lowest BCUT2D eigenvalue weighted by molar-refractivity contribution is -0.143. The Bertz CT molecular complexity index is 2720. The first kappa shape index (κ1) is 38.6. The van der Waals surface area contributed by atoms with Gasteiger partial charge in [-0.3, -0.25) is 18.9 Å². The number of halogens is 7. The molecule has 0 saturated heterocycles. The van der Waals surface area contributed by atoms with Gasteiger partial charge in [-0.15, -0.1) is 11.3 Å². The Morgan fingerprint density at radius 1 is 1.07 bits per heavy atom. The molecule has 2 N–H and O–H groups in total. The molecular formula is C35H28F7N9O3S2. The number of nitrogens with zero attached hydrogens (tertiary/aromatic N) is 7. The molecule has 6 aromatic rings. The van der Waals surface area contributed by atoms with E-state index < -0.39 is 87.5 Å². The second-order valence-corrected chi connectivity index (χ2v) is 16.3. The molecule has 12 nitrogen and oxygen atoms in total. The summed E-state index contributed by atoms with van der Waals surface area (Å²) >= 11 is 0.979. The lowest BCUT2D eigenvalue weighted by Crippen LogP contribution is -2.35. The molecule has 0 spiro atoms. The number of amides is 1. The van der Waals surface area contributed by atoms with Crippen molar-refractivity contribution in [1.29, 1.82) is 5.26 Å². The van der Waals surface area contributed by atoms with E-state index in [0.29, 0.717) is 31.9 Å². The highest BCUT2D eigenvalue weighted by Crippen LogP contribution is 2.55. The van der Waals surface area contributed by atoms with E-state index in [2.05, 4.69) is 30.2 Å². The van der Waals surface area contributed by atoms with Gasteiger partial charge in [-0.25, -0.2) is 27.2 Å². The summed E-state index contributed by atoms with van der Waals surface area (Å²) in [5, 5.41) is 20.3. The SMILES string of the molecule is C[C@@H]1c2c(C(F)(F)F)nn(CC(=O)NC(Cc3cc(F)cc(F)c3)c3nc4nc(C#N)sc4cc3-c3cccc4c(NS(C)(=O)=O)nn(C)c34)c2C(F)(F)[C@@H]1C. The predicted octanol–water partition coefficient (Wildman–Crippen LogP) is 6.93. The van der Waals surface area contributed by atoms with Crippen molar-refractivity contribution in [2.24, 2.45) is 13.0 Å². The number of carbonyl (C=O) groups is 1. The molecule has 0 radical (unpaired) electrons. The number of rotatable bonds is 9. The fourth-order valence-corrected chi connectivity index (χ4v) is 8.38. The highest BCUT2D eigenvalue weighted by Gasteiger charge is 2.57. The maximum absolute atomic E-state index is 15.5. The second kappa shape index (κ2) is 13.5. The molecule has 4 heterocycles. The first-order valence-corrected chi connectivity index (χ1v) is 19.3. The van der Waals surface area contributed by atoms with Crippen LogP contribution >= 0.6 is 11.3 Å². The van der Waals surface area contributed by atoms with E-state index in [1.807, 2.05) is 6.07 Å². The smallest absolute Gasteiger partial charge is 0.346 e. The number of hydrogen-bond acceptors (Lipinski definition) is 9. The van der Waals surface area contributed by atoms with Crippen LogP contribution < -0.4 is 10.0 Å². The van der Waals surface area contributed by atoms with Crippen molar-refractivity contribution in [2.45, 2.75) is 50.9 Å². The third-order valence-electron chi connectivity index (χ3n) is 9.62. The van der Waals surface area contributed by atoms with Gasteiger partial charge in [-0.1, -0.05) is 26.0 Å². The third kappa shape index (κ3) is 6.91. The normalized spacial score (nSPS) is 17.2. The van der Waals surface area contributed by atoms with Crippen LogP contribution in [0.3, 0.4) is 0 Å². The average Bonchev–Trinajstić information content (AvgIpc) is 3.81. The van der Waals surface area contributed by atoms with Crippen LogP contribution in [0.2, 0.25) is 0 Å². The summed E-state index contributed by atoms with van der Waals surface area (Å²) in [6, 6.07) is 9.54. The lowest BCUT2D eigenvalue weighted by atomic mass is 9.94. The highest BCUT2D eigenvalue weighted by atomic mass is 32.2. The topological polar surface area (TPSA) is 160 Å². The molecule has 1 unspecified atom stereocenters. The summed E-state index contributed by atoms with van der Waals surface area (Å²) in [5.41, 5.74) is -2.28. The minimum absolute atomic E-state index is 0.00328. The molecule has 292 valence electrons. The van der Waals surface area contributed by atoms with Crippen LogP contribution in [0, 0.1) is 28.9 Å². The van der Waals surface area contributed by atoms with E-state index in [-0.39, 0.29) is 33.3 Å². The van der Waals surface area contributed by atoms with E-state index in [9.17, 15) is 40.4 Å². The number of carbonyl (C=O) groups excluding carboxylic acids is 1. The van der Waals surface area contributed by atoms with Gasteiger partial charge in [0, 0.05) is 41.1 Å². The number of nitrogens with one attached hydrogen (secondary N) is 2. The monoisotopic (exact) mass is 819 g/mol. The maximum atomic E-state index is 15.5. The Balaban J connectivity index is 1.40. The molecule has 56 heavy (non-hydrogen) atoms. The van der Waals surface area contributed by atoms with Crippen molar-refractivity contribution >= 4 is 54.3 Å². The number of benzene rings is 2. The molecule has 1 aliphatic carbocycles. The van der Waals surface area contributed by atoms with Crippen LogP contribution in [0.25, 0.3) is 32.4 Å². The lowest BCUT2D eigenvalue weighted by Gasteiger charge is -2.23. The maximum Gasteiger partial charge on any atom is 0.435 e. The second-order valence-electron chi connectivity index (χ2n) is 13.5. The Hall–Kier alpha value is -5.62. The van der Waals surface area contributed by atoms with Crippen molar-refractivity contribution in [1.82, 2.24) is 34.8 Å². The fourth-order valence-electron chi connectivity index (χ4n) is 7.13. The molecule has 1 amide bonds. The first-order valence-electron chi connectivity index (χ1n) is 16.6. The van der Waals surface area contributed by atoms with Crippen molar-refractivity contribution in [3.8, 4) is 17.2 Å². The Morgan fingerprint density at radius 3 is 2.41 bits per heavy atom. The number of pyridine rings is 1. The largest absolute Gasteiger partial charge is 0.435 e. The van der Waals surface area contributed by atoms with E-state index >= 15 is 8.78 Å². The summed E-state index contributed by atoms with van der Waals surface area (Å²) in [6.07, 6.45) is -4.56. The molecule has 7 rings (SSSR count). The third-order valence-corrected chi connectivity index (χ3v) is 11.1. The van der Waals surface area contributed by atoms with Gasteiger partial charge in [-0.05, 0) is 42.2 Å². The number of anilines is 1. The summed E-state index contributed by atoms with van der Waals surface area (Å²) in [4.78, 5) is 22.8. The molecule has 4 aromatic heterocycles. The van der Waals surface area contributed by atoms with Gasteiger partial charge in [0.1, 0.15) is 29.9 Å². The molecular weight excluding hydrogens is 792 g/mol. The number of thiazole rings is 1. The zero-order valence-corrected chi connectivity index (χ0v) is 31.1. The molecule has 0 saturated carbocycles. The van der Waals surface area contributed by atoms with E-state index in [0.717, 1.165) is 36.6 Å². The van der Waals surface area contributed by atoms with Crippen LogP contribution in [-0.2, 0) is 46.9 Å². The van der Waals surface area contributed by atoms with Crippen molar-refractivity contribution in [3.05, 3.63) is 87.3 Å². The quantitative estimate of drug-likeness (QED) is 0.149. The number of aryl methyl sites for hydroxylation is 1. The summed E-state index contributed by atoms with van der Waals surface area (Å²) in [7, 11) is -2.25. The molecule has 0 fully saturated rings. The first-order chi connectivity index (χ1) is 26.2. The highest BCUT2D eigenvalue weighted by molar-refractivity contribution is 7.92. The van der Waals surface area contributed by atoms with Crippen molar-refractivity contribution < 1.29 is 43.9 Å². The average molecular weight is 820 g/mol. The van der Waals surface area contributed by atoms with E-state index in [1.54, 1.807) is 24.3 Å². The van der Waals surface area contributed by atoms with Gasteiger partial charge in [-0.2, -0.15) is 37.4 Å². The summed E-state index contributed by atoms with van der Waals surface area (Å²) in [5.74, 6) is -9.61. The zero-order chi connectivity index (χ0) is 40.6. The van der Waals surface area contributed by atoms with Gasteiger partial charge in [0.25, 0.3) is 5.92 Å². The Kier molecular flexibility index (Phi) is 9.35. The summed E-state index contributed by atoms with van der Waals surface area (Å²) < 4.78 is 131. The van der Waals surface area contributed by atoms with Crippen LogP contribution in [0.15, 0.2) is 42.5 Å². The number of nitriles is 1. The molecule has 1 aliphatic rings. The standard InChI is InChI=1S/C35H28F7N9O3S2/c1-15-16(2)34(38,39)31-27(15)30(35(40,41)42)47-51(31)14-25(52)44-23(10-17-8-18(36)11-19(37)9-17)28-22(12-24-33(46-28)45-26(13-43)55-24)20-6-5-7-21-29(20)50(3)48-32(21)49-56(4,53)54/h5-9,11-12,15-16,23H,10,14H2,1-4H3,(H,44,52)(H,48,49)/t15-,16+,23?/m0/s1. The number of fused-ring (bicyclic) bond motifs is 3. The molecule has 2 aromatic carbocycles. The van der Waals surface area contributed by atoms with Crippen LogP contribution in [0.4, 0.5) is 36.6 Å². The van der Waals surface area contributed by atoms with Crippen LogP contribution in [0.1, 0.15) is 59.0 Å². The van der Waals surface area contributed by atoms with Crippen LogP contribution in [0.5, 0.6) is 0 Å². The number of para-hydroxylation sites is 1. The zero-order valence-electron chi connectivity index (χ0n) is 29.5.